The fourth-order valence-corrected chi connectivity index (χ4v) is 1.17. The molecule has 2 aliphatic carbocycles. The molecule has 0 saturated carbocycles. The molecule has 2 aliphatic rings. The van der Waals surface area contributed by atoms with Crippen LogP contribution < -0.4 is 0 Å². The van der Waals surface area contributed by atoms with Crippen LogP contribution in [0.2, 0.25) is 0 Å². The Hall–Kier alpha value is -0.768. The Morgan fingerprint density at radius 3 is 2.13 bits per heavy atom. The fourth-order valence-electron chi connectivity index (χ4n) is 1.17. The fraction of sp³-hybridized carbons (Fsp3) is 0.286. The largest absolute Gasteiger partial charge is 0.271 e. The van der Waals surface area contributed by atoms with Crippen molar-refractivity contribution in [2.75, 3.05) is 0 Å². The SMILES string of the molecule is C1=CCCCC=C1.[C-]1=CC=CC=CC1.[Cr]. The molecule has 0 atom stereocenters. The van der Waals surface area contributed by atoms with Gasteiger partial charge in [0, 0.05) is 17.4 Å². The van der Waals surface area contributed by atoms with Crippen LogP contribution in [0.5, 0.6) is 0 Å². The van der Waals surface area contributed by atoms with Crippen molar-refractivity contribution in [3.8, 4) is 0 Å². The van der Waals surface area contributed by atoms with Gasteiger partial charge in [-0.05, 0) is 19.3 Å². The van der Waals surface area contributed by atoms with Crippen molar-refractivity contribution in [3.05, 3.63) is 60.8 Å². The number of hydrogen-bond acceptors (Lipinski definition) is 0. The first kappa shape index (κ1) is 14.2. The zero-order chi connectivity index (χ0) is 9.90. The van der Waals surface area contributed by atoms with E-state index in [1.165, 1.54) is 19.3 Å². The summed E-state index contributed by atoms with van der Waals surface area (Å²) in [5.41, 5.74) is 0. The average Bonchev–Trinajstić information content (AvgIpc) is 2.68. The zero-order valence-corrected chi connectivity index (χ0v) is 10.2. The standard InChI is InChI=1S/C7H10.C7H7.Cr/c2*1-2-4-6-7-5-3-1;/h1-4H,5-7H2;1-5H,6H2;/q;-1;. The Kier molecular flexibility index (Phi) is 10.7. The summed E-state index contributed by atoms with van der Waals surface area (Å²) >= 11 is 0. The summed E-state index contributed by atoms with van der Waals surface area (Å²) in [6.07, 6.45) is 26.5. The monoisotopic (exact) mass is 237 g/mol. The van der Waals surface area contributed by atoms with Crippen LogP contribution in [-0.2, 0) is 17.4 Å². The summed E-state index contributed by atoms with van der Waals surface area (Å²) in [5.74, 6) is 0. The van der Waals surface area contributed by atoms with Gasteiger partial charge < -0.3 is 0 Å². The summed E-state index contributed by atoms with van der Waals surface area (Å²) in [6, 6.07) is 0. The van der Waals surface area contributed by atoms with E-state index < -0.39 is 0 Å². The van der Waals surface area contributed by atoms with Gasteiger partial charge in [0.05, 0.1) is 0 Å². The van der Waals surface area contributed by atoms with Gasteiger partial charge in [-0.3, -0.25) is 6.08 Å². The topological polar surface area (TPSA) is 0 Å². The first-order valence-corrected chi connectivity index (χ1v) is 5.20. The predicted octanol–water partition coefficient (Wildman–Crippen LogP) is 4.14. The van der Waals surface area contributed by atoms with Crippen LogP contribution in [0.1, 0.15) is 25.7 Å². The molecule has 15 heavy (non-hydrogen) atoms. The van der Waals surface area contributed by atoms with E-state index in [0.29, 0.717) is 0 Å². The van der Waals surface area contributed by atoms with Gasteiger partial charge in [-0.2, -0.15) is 0 Å². The van der Waals surface area contributed by atoms with Crippen molar-refractivity contribution >= 4 is 0 Å². The van der Waals surface area contributed by atoms with Crippen LogP contribution in [0.4, 0.5) is 0 Å². The third kappa shape index (κ3) is 9.53. The molecule has 0 nitrogen and oxygen atoms in total. The van der Waals surface area contributed by atoms with Crippen LogP contribution in [0.25, 0.3) is 0 Å². The average molecular weight is 237 g/mol. The Morgan fingerprint density at radius 1 is 0.733 bits per heavy atom. The van der Waals surface area contributed by atoms with Gasteiger partial charge in [-0.25, -0.2) is 12.2 Å². The maximum absolute atomic E-state index is 3.05. The molecule has 0 heterocycles. The molecular weight excluding hydrogens is 220 g/mol. The molecular formula is C14H17Cr-. The van der Waals surface area contributed by atoms with Gasteiger partial charge in [0.1, 0.15) is 0 Å². The molecule has 0 aliphatic heterocycles. The molecule has 0 radical (unpaired) electrons. The molecule has 0 saturated heterocycles. The van der Waals surface area contributed by atoms with Gasteiger partial charge in [0.15, 0.2) is 0 Å². The summed E-state index contributed by atoms with van der Waals surface area (Å²) in [5, 5.41) is 0. The molecule has 0 aromatic carbocycles. The second-order valence-electron chi connectivity index (χ2n) is 3.18. The van der Waals surface area contributed by atoms with E-state index in [-0.39, 0.29) is 17.4 Å². The summed E-state index contributed by atoms with van der Waals surface area (Å²) in [4.78, 5) is 0. The van der Waals surface area contributed by atoms with Gasteiger partial charge in [0.2, 0.25) is 0 Å². The summed E-state index contributed by atoms with van der Waals surface area (Å²) in [6.45, 7) is 0. The molecule has 0 N–H and O–H groups in total. The Labute approximate surface area is 104 Å². The summed E-state index contributed by atoms with van der Waals surface area (Å²) in [7, 11) is 0. The summed E-state index contributed by atoms with van der Waals surface area (Å²) < 4.78 is 0. The Bertz CT molecular complexity index is 241. The first-order valence-electron chi connectivity index (χ1n) is 5.20. The second-order valence-corrected chi connectivity index (χ2v) is 3.18. The van der Waals surface area contributed by atoms with Crippen LogP contribution in [0, 0.1) is 6.08 Å². The minimum absolute atomic E-state index is 0. The van der Waals surface area contributed by atoms with Gasteiger partial charge in [-0.1, -0.05) is 42.9 Å². The van der Waals surface area contributed by atoms with Crippen LogP contribution in [0.15, 0.2) is 54.7 Å². The van der Waals surface area contributed by atoms with E-state index in [2.05, 4.69) is 36.5 Å². The normalized spacial score (nSPS) is 17.1. The number of rotatable bonds is 0. The van der Waals surface area contributed by atoms with Gasteiger partial charge in [0.25, 0.3) is 0 Å². The van der Waals surface area contributed by atoms with Crippen molar-refractivity contribution < 1.29 is 17.4 Å². The van der Waals surface area contributed by atoms with Crippen molar-refractivity contribution in [3.63, 3.8) is 0 Å². The van der Waals surface area contributed by atoms with Crippen molar-refractivity contribution in [1.29, 1.82) is 0 Å². The minimum atomic E-state index is 0. The van der Waals surface area contributed by atoms with E-state index in [4.69, 9.17) is 0 Å². The van der Waals surface area contributed by atoms with E-state index in [9.17, 15) is 0 Å². The van der Waals surface area contributed by atoms with E-state index >= 15 is 0 Å². The van der Waals surface area contributed by atoms with E-state index in [1.807, 2.05) is 24.3 Å². The molecule has 0 amide bonds. The quantitative estimate of drug-likeness (QED) is 0.555. The maximum Gasteiger partial charge on any atom is 0 e. The molecule has 2 rings (SSSR count). The minimum Gasteiger partial charge on any atom is -0.271 e. The zero-order valence-electron chi connectivity index (χ0n) is 8.93. The van der Waals surface area contributed by atoms with Crippen molar-refractivity contribution in [2.24, 2.45) is 0 Å². The third-order valence-electron chi connectivity index (χ3n) is 1.93. The molecule has 80 valence electrons. The molecule has 1 heteroatoms. The molecule has 0 bridgehead atoms. The van der Waals surface area contributed by atoms with Crippen LogP contribution >= 0.6 is 0 Å². The molecule has 0 unspecified atom stereocenters. The van der Waals surface area contributed by atoms with E-state index in [1.54, 1.807) is 0 Å². The van der Waals surface area contributed by atoms with E-state index in [0.717, 1.165) is 6.42 Å². The molecule has 0 aromatic heterocycles. The van der Waals surface area contributed by atoms with Crippen molar-refractivity contribution in [1.82, 2.24) is 0 Å². The number of hydrogen-bond donors (Lipinski definition) is 0. The maximum atomic E-state index is 3.05. The molecule has 0 fully saturated rings. The second kappa shape index (κ2) is 11.3. The smallest absolute Gasteiger partial charge is 0 e. The Morgan fingerprint density at radius 2 is 1.40 bits per heavy atom. The Balaban J connectivity index is 0.000000245. The number of allylic oxidation sites excluding steroid dienone is 10. The molecule has 0 aromatic rings. The molecule has 0 spiro atoms. The van der Waals surface area contributed by atoms with Crippen molar-refractivity contribution in [2.45, 2.75) is 25.7 Å². The van der Waals surface area contributed by atoms with Gasteiger partial charge in [-0.15, -0.1) is 6.08 Å². The van der Waals surface area contributed by atoms with Crippen LogP contribution in [0.3, 0.4) is 0 Å². The first-order chi connectivity index (χ1) is 7.00. The predicted molar refractivity (Wildman–Crippen MR) is 62.8 cm³/mol. The van der Waals surface area contributed by atoms with Gasteiger partial charge >= 0.3 is 0 Å². The van der Waals surface area contributed by atoms with Crippen LogP contribution in [-0.4, -0.2) is 0 Å². The third-order valence-corrected chi connectivity index (χ3v) is 1.93.